The molecule has 0 bridgehead atoms. The zero-order chi connectivity index (χ0) is 9.80. The molecule has 0 aromatic heterocycles. The van der Waals surface area contributed by atoms with Crippen LogP contribution in [0.4, 0.5) is 0 Å². The first-order chi connectivity index (χ1) is 6.92. The molecule has 1 aliphatic carbocycles. The van der Waals surface area contributed by atoms with E-state index in [0.717, 1.165) is 11.8 Å². The second-order valence-electron chi connectivity index (χ2n) is 3.38. The van der Waals surface area contributed by atoms with Crippen molar-refractivity contribution < 1.29 is 0 Å². The minimum atomic E-state index is 0.553. The lowest BCUT2D eigenvalue weighted by Gasteiger charge is -2.06. The van der Waals surface area contributed by atoms with Crippen LogP contribution in [-0.4, -0.2) is 5.33 Å². The molecule has 0 heterocycles. The van der Waals surface area contributed by atoms with Gasteiger partial charge in [-0.15, -0.1) is 0 Å². The molecule has 1 aromatic carbocycles. The van der Waals surface area contributed by atoms with Crippen molar-refractivity contribution >= 4 is 22.0 Å². The minimum absolute atomic E-state index is 0.553. The first-order valence-corrected chi connectivity index (χ1v) is 5.93. The maximum Gasteiger partial charge on any atom is 0.0212 e. The molecule has 0 aliphatic heterocycles. The lowest BCUT2D eigenvalue weighted by atomic mass is 9.98. The van der Waals surface area contributed by atoms with Crippen molar-refractivity contribution in [3.63, 3.8) is 0 Å². The highest BCUT2D eigenvalue weighted by Crippen LogP contribution is 2.32. The summed E-state index contributed by atoms with van der Waals surface area (Å²) in [7, 11) is 0. The molecule has 1 aliphatic rings. The van der Waals surface area contributed by atoms with E-state index in [9.17, 15) is 0 Å². The molecule has 1 aromatic rings. The third-order valence-electron chi connectivity index (χ3n) is 2.48. The van der Waals surface area contributed by atoms with Gasteiger partial charge in [-0.2, -0.15) is 0 Å². The number of rotatable bonds is 3. The Kier molecular flexibility index (Phi) is 3.20. The fourth-order valence-corrected chi connectivity index (χ4v) is 2.03. The number of halogens is 1. The molecule has 0 saturated carbocycles. The Bertz CT molecular complexity index is 363. The van der Waals surface area contributed by atoms with Crippen LogP contribution in [0.1, 0.15) is 23.5 Å². The number of hydrogen-bond acceptors (Lipinski definition) is 0. The summed E-state index contributed by atoms with van der Waals surface area (Å²) in [4.78, 5) is 0. The van der Waals surface area contributed by atoms with E-state index in [1.807, 2.05) is 6.07 Å². The Labute approximate surface area is 93.5 Å². The second kappa shape index (κ2) is 4.61. The Morgan fingerprint density at radius 1 is 1.43 bits per heavy atom. The maximum atomic E-state index is 3.38. The molecule has 0 saturated heterocycles. The summed E-state index contributed by atoms with van der Waals surface area (Å²) < 4.78 is 0. The minimum Gasteiger partial charge on any atom is -0.0883 e. The smallest absolute Gasteiger partial charge is 0.0212 e. The molecule has 0 N–H and O–H groups in total. The summed E-state index contributed by atoms with van der Waals surface area (Å²) in [6.07, 6.45) is 9.95. The van der Waals surface area contributed by atoms with E-state index < -0.39 is 0 Å². The van der Waals surface area contributed by atoms with Gasteiger partial charge in [-0.05, 0) is 29.7 Å². The molecule has 0 nitrogen and oxygen atoms in total. The average Bonchev–Trinajstić information content (AvgIpc) is 2.63. The molecule has 2 rings (SSSR count). The highest BCUT2D eigenvalue weighted by Gasteiger charge is 2.14. The van der Waals surface area contributed by atoms with Gasteiger partial charge in [0.1, 0.15) is 0 Å². The number of benzene rings is 1. The van der Waals surface area contributed by atoms with E-state index in [1.54, 1.807) is 0 Å². The number of allylic oxidation sites excluding steroid dienone is 3. The fraction of sp³-hybridized carbons (Fsp3) is 0.231. The van der Waals surface area contributed by atoms with Crippen molar-refractivity contribution in [3.8, 4) is 0 Å². The molecule has 71 valence electrons. The van der Waals surface area contributed by atoms with Crippen LogP contribution in [0.3, 0.4) is 0 Å². The largest absolute Gasteiger partial charge is 0.0883 e. The van der Waals surface area contributed by atoms with E-state index in [1.165, 1.54) is 11.1 Å². The summed E-state index contributed by atoms with van der Waals surface area (Å²) in [5.41, 5.74) is 2.76. The highest BCUT2D eigenvalue weighted by atomic mass is 79.9. The van der Waals surface area contributed by atoms with Gasteiger partial charge in [-0.1, -0.05) is 52.4 Å². The fourth-order valence-electron chi connectivity index (χ4n) is 1.76. The lowest BCUT2D eigenvalue weighted by molar-refractivity contribution is 0.878. The maximum absolute atomic E-state index is 3.38. The zero-order valence-electron chi connectivity index (χ0n) is 7.91. The Morgan fingerprint density at radius 2 is 2.36 bits per heavy atom. The van der Waals surface area contributed by atoms with Gasteiger partial charge in [0, 0.05) is 11.2 Å². The first kappa shape index (κ1) is 9.72. The van der Waals surface area contributed by atoms with Crippen molar-refractivity contribution in [2.24, 2.45) is 0 Å². The number of alkyl halides is 1. The molecule has 0 amide bonds. The molecule has 1 radical (unpaired) electrons. The SMILES string of the molecule is BrCC=CCC1C=Cc2cc[c]cc21. The van der Waals surface area contributed by atoms with Crippen LogP contribution in [0.2, 0.25) is 0 Å². The van der Waals surface area contributed by atoms with Crippen molar-refractivity contribution in [1.29, 1.82) is 0 Å². The molecule has 0 fully saturated rings. The van der Waals surface area contributed by atoms with E-state index in [4.69, 9.17) is 0 Å². The van der Waals surface area contributed by atoms with Gasteiger partial charge in [0.25, 0.3) is 0 Å². The number of fused-ring (bicyclic) bond motifs is 1. The quantitative estimate of drug-likeness (QED) is 0.561. The second-order valence-corrected chi connectivity index (χ2v) is 4.03. The third-order valence-corrected chi connectivity index (χ3v) is 2.86. The van der Waals surface area contributed by atoms with Gasteiger partial charge >= 0.3 is 0 Å². The summed E-state index contributed by atoms with van der Waals surface area (Å²) in [5.74, 6) is 0.553. The van der Waals surface area contributed by atoms with E-state index in [0.29, 0.717) is 5.92 Å². The normalized spacial score (nSPS) is 19.1. The van der Waals surface area contributed by atoms with Gasteiger partial charge < -0.3 is 0 Å². The summed E-state index contributed by atoms with van der Waals surface area (Å²) >= 11 is 3.38. The summed E-state index contributed by atoms with van der Waals surface area (Å²) in [5, 5.41) is 0.942. The van der Waals surface area contributed by atoms with Crippen LogP contribution >= 0.6 is 15.9 Å². The van der Waals surface area contributed by atoms with Crippen molar-refractivity contribution in [2.75, 3.05) is 5.33 Å². The molecule has 1 unspecified atom stereocenters. The van der Waals surface area contributed by atoms with Crippen LogP contribution in [0.5, 0.6) is 0 Å². The Morgan fingerprint density at radius 3 is 3.21 bits per heavy atom. The van der Waals surface area contributed by atoms with Crippen LogP contribution in [-0.2, 0) is 0 Å². The number of hydrogen-bond donors (Lipinski definition) is 0. The zero-order valence-corrected chi connectivity index (χ0v) is 9.50. The van der Waals surface area contributed by atoms with Gasteiger partial charge in [-0.3, -0.25) is 0 Å². The standard InChI is InChI=1S/C13H12Br/c14-10-4-3-6-12-9-8-11-5-1-2-7-13(11)12/h1,3-5,7-9,12H,6,10H2. The van der Waals surface area contributed by atoms with Crippen LogP contribution in [0.25, 0.3) is 6.08 Å². The molecule has 1 atom stereocenters. The monoisotopic (exact) mass is 247 g/mol. The molecule has 1 heteroatoms. The molecule has 14 heavy (non-hydrogen) atoms. The topological polar surface area (TPSA) is 0 Å². The molecular weight excluding hydrogens is 236 g/mol. The van der Waals surface area contributed by atoms with Gasteiger partial charge in [0.15, 0.2) is 0 Å². The summed E-state index contributed by atoms with van der Waals surface area (Å²) in [6, 6.07) is 9.34. The van der Waals surface area contributed by atoms with Gasteiger partial charge in [0.2, 0.25) is 0 Å². The predicted octanol–water partition coefficient (Wildman–Crippen LogP) is 3.94. The third kappa shape index (κ3) is 1.98. The van der Waals surface area contributed by atoms with Crippen molar-refractivity contribution in [2.45, 2.75) is 12.3 Å². The van der Waals surface area contributed by atoms with E-state index >= 15 is 0 Å². The first-order valence-electron chi connectivity index (χ1n) is 4.81. The van der Waals surface area contributed by atoms with Crippen LogP contribution in [0.15, 0.2) is 36.4 Å². The average molecular weight is 248 g/mol. The Balaban J connectivity index is 2.11. The predicted molar refractivity (Wildman–Crippen MR) is 64.6 cm³/mol. The highest BCUT2D eigenvalue weighted by molar-refractivity contribution is 9.09. The summed E-state index contributed by atoms with van der Waals surface area (Å²) in [6.45, 7) is 0. The van der Waals surface area contributed by atoms with Crippen molar-refractivity contribution in [3.05, 3.63) is 53.6 Å². The lowest BCUT2D eigenvalue weighted by Crippen LogP contribution is -1.90. The van der Waals surface area contributed by atoms with Crippen molar-refractivity contribution in [1.82, 2.24) is 0 Å². The van der Waals surface area contributed by atoms with Gasteiger partial charge in [-0.25, -0.2) is 0 Å². The van der Waals surface area contributed by atoms with Gasteiger partial charge in [0.05, 0.1) is 0 Å². The van der Waals surface area contributed by atoms with E-state index in [-0.39, 0.29) is 0 Å². The molecular formula is C13H12Br. The van der Waals surface area contributed by atoms with Crippen LogP contribution in [0, 0.1) is 6.07 Å². The van der Waals surface area contributed by atoms with E-state index in [2.05, 4.69) is 58.4 Å². The Hall–Kier alpha value is -0.820. The van der Waals surface area contributed by atoms with Crippen LogP contribution < -0.4 is 0 Å². The molecule has 0 spiro atoms.